The Morgan fingerprint density at radius 3 is 1.48 bits per heavy atom. The summed E-state index contributed by atoms with van der Waals surface area (Å²) in [5.41, 5.74) is -3.47. The third-order valence-corrected chi connectivity index (χ3v) is 2.70. The van der Waals surface area contributed by atoms with Crippen LogP contribution in [-0.4, -0.2) is 18.0 Å². The number of hydrogen-bond donors (Lipinski definition) is 0. The average Bonchev–Trinajstić information content (AvgIpc) is 2.49. The maximum absolute atomic E-state index is 13.9. The number of carbonyl (C=O) groups is 1. The quantitative estimate of drug-likeness (QED) is 0.251. The SMILES string of the molecule is C=CC(=O)OC(F)(C(F)(F)F)C(F)(F)c1c(F)c(F)c(F)c(F)c1F. The minimum absolute atomic E-state index is 0.214. The molecular weight excluding hydrogens is 385 g/mol. The van der Waals surface area contributed by atoms with Crippen molar-refractivity contribution in [3.63, 3.8) is 0 Å². The predicted molar refractivity (Wildman–Crippen MR) is 56.3 cm³/mol. The zero-order valence-corrected chi connectivity index (χ0v) is 11.3. The Kier molecular flexibility index (Phi) is 5.12. The molecule has 0 heterocycles. The molecule has 0 aliphatic rings. The van der Waals surface area contributed by atoms with Crippen LogP contribution in [0, 0.1) is 29.1 Å². The summed E-state index contributed by atoms with van der Waals surface area (Å²) in [6.07, 6.45) is -7.05. The third-order valence-electron chi connectivity index (χ3n) is 2.70. The summed E-state index contributed by atoms with van der Waals surface area (Å²) in [4.78, 5) is 10.7. The van der Waals surface area contributed by atoms with E-state index in [4.69, 9.17) is 0 Å². The molecule has 1 atom stereocenters. The summed E-state index contributed by atoms with van der Waals surface area (Å²) in [6.45, 7) is 2.49. The van der Waals surface area contributed by atoms with Gasteiger partial charge in [0.2, 0.25) is 5.82 Å². The molecule has 1 aromatic rings. The van der Waals surface area contributed by atoms with E-state index in [0.717, 1.165) is 0 Å². The van der Waals surface area contributed by atoms with Gasteiger partial charge in [0.1, 0.15) is 5.56 Å². The van der Waals surface area contributed by atoms with E-state index in [1.165, 1.54) is 0 Å². The Hall–Kier alpha value is -2.34. The largest absolute Gasteiger partial charge is 0.467 e. The second kappa shape index (κ2) is 6.19. The van der Waals surface area contributed by atoms with Gasteiger partial charge in [-0.15, -0.1) is 0 Å². The lowest BCUT2D eigenvalue weighted by Crippen LogP contribution is -2.57. The molecule has 1 unspecified atom stereocenters. The Labute approximate surface area is 130 Å². The van der Waals surface area contributed by atoms with Gasteiger partial charge in [-0.2, -0.15) is 26.3 Å². The molecule has 0 aliphatic carbocycles. The Morgan fingerprint density at radius 1 is 0.800 bits per heavy atom. The second-order valence-electron chi connectivity index (χ2n) is 4.24. The molecule has 0 N–H and O–H groups in total. The van der Waals surface area contributed by atoms with Crippen molar-refractivity contribution in [3.8, 4) is 0 Å². The van der Waals surface area contributed by atoms with E-state index in [-0.39, 0.29) is 6.08 Å². The predicted octanol–water partition coefficient (Wildman–Crippen LogP) is 4.43. The molecule has 0 spiro atoms. The summed E-state index contributed by atoms with van der Waals surface area (Å²) < 4.78 is 148. The summed E-state index contributed by atoms with van der Waals surface area (Å²) in [5, 5.41) is 0. The van der Waals surface area contributed by atoms with Gasteiger partial charge in [-0.3, -0.25) is 0 Å². The van der Waals surface area contributed by atoms with Crippen LogP contribution >= 0.6 is 0 Å². The number of ether oxygens (including phenoxy) is 1. The van der Waals surface area contributed by atoms with Crippen LogP contribution in [0.3, 0.4) is 0 Å². The Balaban J connectivity index is 3.84. The first-order chi connectivity index (χ1) is 11.1. The zero-order chi connectivity index (χ0) is 20.0. The fourth-order valence-electron chi connectivity index (χ4n) is 1.52. The first-order valence-electron chi connectivity index (χ1n) is 5.64. The van der Waals surface area contributed by atoms with Gasteiger partial charge in [-0.25, -0.2) is 26.7 Å². The molecular formula is C12H3F11O2. The van der Waals surface area contributed by atoms with E-state index in [1.54, 1.807) is 0 Å². The number of rotatable bonds is 4. The van der Waals surface area contributed by atoms with Crippen molar-refractivity contribution in [1.82, 2.24) is 0 Å². The van der Waals surface area contributed by atoms with E-state index >= 15 is 0 Å². The van der Waals surface area contributed by atoms with Crippen LogP contribution in [0.5, 0.6) is 0 Å². The molecule has 25 heavy (non-hydrogen) atoms. The molecule has 140 valence electrons. The minimum Gasteiger partial charge on any atom is -0.411 e. The van der Waals surface area contributed by atoms with E-state index in [9.17, 15) is 53.1 Å². The van der Waals surface area contributed by atoms with Crippen LogP contribution in [0.1, 0.15) is 5.56 Å². The highest BCUT2D eigenvalue weighted by Crippen LogP contribution is 2.53. The number of benzene rings is 1. The summed E-state index contributed by atoms with van der Waals surface area (Å²) in [7, 11) is 0. The Bertz CT molecular complexity index is 696. The maximum atomic E-state index is 13.9. The van der Waals surface area contributed by atoms with Crippen molar-refractivity contribution in [2.45, 2.75) is 18.0 Å². The molecule has 13 heteroatoms. The summed E-state index contributed by atoms with van der Waals surface area (Å²) in [6, 6.07) is 0. The smallest absolute Gasteiger partial charge is 0.411 e. The average molecular weight is 388 g/mol. The van der Waals surface area contributed by atoms with Gasteiger partial charge in [0.15, 0.2) is 23.3 Å². The first-order valence-corrected chi connectivity index (χ1v) is 5.64. The number of halogens is 11. The number of carbonyl (C=O) groups excluding carboxylic acids is 1. The van der Waals surface area contributed by atoms with Gasteiger partial charge < -0.3 is 4.74 Å². The molecule has 0 saturated carbocycles. The number of esters is 1. The highest BCUT2D eigenvalue weighted by molar-refractivity contribution is 5.81. The molecule has 0 radical (unpaired) electrons. The topological polar surface area (TPSA) is 26.3 Å². The number of alkyl halides is 6. The van der Waals surface area contributed by atoms with Crippen molar-refractivity contribution in [1.29, 1.82) is 0 Å². The van der Waals surface area contributed by atoms with Crippen molar-refractivity contribution < 1.29 is 57.8 Å². The van der Waals surface area contributed by atoms with Gasteiger partial charge in [0.25, 0.3) is 0 Å². The van der Waals surface area contributed by atoms with E-state index in [0.29, 0.717) is 0 Å². The fourth-order valence-corrected chi connectivity index (χ4v) is 1.52. The number of hydrogen-bond acceptors (Lipinski definition) is 2. The zero-order valence-electron chi connectivity index (χ0n) is 11.3. The highest BCUT2D eigenvalue weighted by Gasteiger charge is 2.77. The molecule has 2 nitrogen and oxygen atoms in total. The lowest BCUT2D eigenvalue weighted by atomic mass is 9.98. The molecule has 1 rings (SSSR count). The van der Waals surface area contributed by atoms with Crippen molar-refractivity contribution in [2.75, 3.05) is 0 Å². The second-order valence-corrected chi connectivity index (χ2v) is 4.24. The van der Waals surface area contributed by atoms with Gasteiger partial charge in [-0.05, 0) is 0 Å². The third kappa shape index (κ3) is 3.02. The normalized spacial score (nSPS) is 14.8. The fraction of sp³-hybridized carbons (Fsp3) is 0.250. The Morgan fingerprint density at radius 2 is 1.16 bits per heavy atom. The minimum atomic E-state index is -6.84. The van der Waals surface area contributed by atoms with Gasteiger partial charge in [0.05, 0.1) is 0 Å². The van der Waals surface area contributed by atoms with Crippen molar-refractivity contribution >= 4 is 5.97 Å². The molecule has 0 aromatic heterocycles. The molecule has 1 aromatic carbocycles. The highest BCUT2D eigenvalue weighted by atomic mass is 19.4. The van der Waals surface area contributed by atoms with Gasteiger partial charge >= 0.3 is 23.9 Å². The van der Waals surface area contributed by atoms with Crippen LogP contribution < -0.4 is 0 Å². The molecule has 0 fully saturated rings. The van der Waals surface area contributed by atoms with Crippen LogP contribution in [0.15, 0.2) is 12.7 Å². The van der Waals surface area contributed by atoms with E-state index in [1.807, 2.05) is 0 Å². The molecule has 0 aliphatic heterocycles. The van der Waals surface area contributed by atoms with Crippen LogP contribution in [-0.2, 0) is 15.5 Å². The molecule has 0 amide bonds. The first kappa shape index (κ1) is 20.7. The lowest BCUT2D eigenvalue weighted by molar-refractivity contribution is -0.391. The van der Waals surface area contributed by atoms with E-state index < -0.39 is 58.6 Å². The van der Waals surface area contributed by atoms with Crippen molar-refractivity contribution in [3.05, 3.63) is 47.3 Å². The van der Waals surface area contributed by atoms with E-state index in [2.05, 4.69) is 11.3 Å². The lowest BCUT2D eigenvalue weighted by Gasteiger charge is -2.34. The van der Waals surface area contributed by atoms with Gasteiger partial charge in [-0.1, -0.05) is 6.58 Å². The molecule has 0 saturated heterocycles. The van der Waals surface area contributed by atoms with Crippen LogP contribution in [0.2, 0.25) is 0 Å². The molecule has 0 bridgehead atoms. The van der Waals surface area contributed by atoms with Crippen LogP contribution in [0.4, 0.5) is 48.3 Å². The summed E-state index contributed by atoms with van der Waals surface area (Å²) in [5.74, 6) is -31.5. The standard InChI is InChI=1S/C12H3F11O2/c1-2-3(24)25-11(20,12(21,22)23)10(18,19)4-5(13)7(15)9(17)8(16)6(4)14/h2H,1H2. The summed E-state index contributed by atoms with van der Waals surface area (Å²) >= 11 is 0. The van der Waals surface area contributed by atoms with Crippen LogP contribution in [0.25, 0.3) is 0 Å². The van der Waals surface area contributed by atoms with Crippen molar-refractivity contribution in [2.24, 2.45) is 0 Å². The van der Waals surface area contributed by atoms with Gasteiger partial charge in [0, 0.05) is 6.08 Å². The monoisotopic (exact) mass is 388 g/mol. The maximum Gasteiger partial charge on any atom is 0.467 e.